The van der Waals surface area contributed by atoms with Crippen LogP contribution in [0.3, 0.4) is 0 Å². The fourth-order valence-electron chi connectivity index (χ4n) is 4.61. The van der Waals surface area contributed by atoms with Crippen molar-refractivity contribution in [2.24, 2.45) is 11.8 Å². The van der Waals surface area contributed by atoms with Gasteiger partial charge in [0.25, 0.3) is 0 Å². The van der Waals surface area contributed by atoms with Crippen LogP contribution in [0.25, 0.3) is 11.0 Å². The molecule has 1 saturated carbocycles. The summed E-state index contributed by atoms with van der Waals surface area (Å²) >= 11 is 0. The standard InChI is InChI=1S/C23H28FN3/c1-4-17-8-10-18(11-9-17)25-23-26-22-20(24)6-5-7-21(22)27(23)19-13-15(2)12-16(3)14-19/h5-11,15-16,19H,4,12-14H2,1-3H3,(H,25,26). The summed E-state index contributed by atoms with van der Waals surface area (Å²) in [7, 11) is 0. The van der Waals surface area contributed by atoms with Gasteiger partial charge in [0, 0.05) is 11.7 Å². The minimum absolute atomic E-state index is 0.257. The summed E-state index contributed by atoms with van der Waals surface area (Å²) in [5, 5.41) is 3.45. The van der Waals surface area contributed by atoms with Gasteiger partial charge in [0.1, 0.15) is 5.52 Å². The SMILES string of the molecule is CCc1ccc(Nc2nc3c(F)cccc3n2C2CC(C)CC(C)C2)cc1. The highest BCUT2D eigenvalue weighted by Gasteiger charge is 2.28. The number of hydrogen-bond acceptors (Lipinski definition) is 2. The molecule has 0 spiro atoms. The smallest absolute Gasteiger partial charge is 0.208 e. The first kappa shape index (κ1) is 18.0. The summed E-state index contributed by atoms with van der Waals surface area (Å²) in [5.74, 6) is 1.82. The van der Waals surface area contributed by atoms with Gasteiger partial charge in [-0.3, -0.25) is 0 Å². The first-order chi connectivity index (χ1) is 13.0. The molecule has 2 atom stereocenters. The summed E-state index contributed by atoms with van der Waals surface area (Å²) in [6, 6.07) is 14.0. The molecule has 1 heterocycles. The lowest BCUT2D eigenvalue weighted by molar-refractivity contribution is 0.226. The number of anilines is 2. The highest BCUT2D eigenvalue weighted by atomic mass is 19.1. The second-order valence-electron chi connectivity index (χ2n) is 8.16. The molecule has 0 aliphatic heterocycles. The molecule has 27 heavy (non-hydrogen) atoms. The maximum Gasteiger partial charge on any atom is 0.208 e. The number of nitrogens with zero attached hydrogens (tertiary/aromatic N) is 2. The zero-order valence-electron chi connectivity index (χ0n) is 16.4. The Kier molecular flexibility index (Phi) is 4.90. The van der Waals surface area contributed by atoms with Crippen molar-refractivity contribution in [1.29, 1.82) is 0 Å². The predicted octanol–water partition coefficient (Wildman–Crippen LogP) is 6.48. The zero-order valence-corrected chi connectivity index (χ0v) is 16.4. The molecule has 1 aromatic heterocycles. The first-order valence-electron chi connectivity index (χ1n) is 10.1. The van der Waals surface area contributed by atoms with Crippen LogP contribution >= 0.6 is 0 Å². The third-order valence-electron chi connectivity index (χ3n) is 5.81. The average Bonchev–Trinajstić information content (AvgIpc) is 3.01. The molecule has 1 N–H and O–H groups in total. The van der Waals surface area contributed by atoms with Crippen molar-refractivity contribution in [2.45, 2.75) is 52.5 Å². The van der Waals surface area contributed by atoms with Gasteiger partial charge in [-0.25, -0.2) is 9.37 Å². The van der Waals surface area contributed by atoms with Crippen molar-refractivity contribution in [2.75, 3.05) is 5.32 Å². The van der Waals surface area contributed by atoms with Crippen molar-refractivity contribution in [3.8, 4) is 0 Å². The molecule has 0 radical (unpaired) electrons. The van der Waals surface area contributed by atoms with E-state index in [-0.39, 0.29) is 5.82 Å². The molecule has 1 aliphatic rings. The van der Waals surface area contributed by atoms with Crippen molar-refractivity contribution in [1.82, 2.24) is 9.55 Å². The average molecular weight is 365 g/mol. The Balaban J connectivity index is 1.77. The molecule has 4 heteroatoms. The Hall–Kier alpha value is -2.36. The van der Waals surface area contributed by atoms with Crippen LogP contribution in [0.5, 0.6) is 0 Å². The summed E-state index contributed by atoms with van der Waals surface area (Å²) < 4.78 is 16.7. The van der Waals surface area contributed by atoms with Crippen LogP contribution in [-0.2, 0) is 6.42 Å². The molecule has 3 aromatic rings. The number of hydrogen-bond donors (Lipinski definition) is 1. The fraction of sp³-hybridized carbons (Fsp3) is 0.435. The van der Waals surface area contributed by atoms with Crippen LogP contribution in [0.4, 0.5) is 16.0 Å². The van der Waals surface area contributed by atoms with Crippen molar-refractivity contribution >= 4 is 22.7 Å². The molecular weight excluding hydrogens is 337 g/mol. The normalized spacial score (nSPS) is 22.9. The zero-order chi connectivity index (χ0) is 19.0. The third kappa shape index (κ3) is 3.58. The van der Waals surface area contributed by atoms with E-state index in [0.717, 1.165) is 36.4 Å². The molecule has 1 fully saturated rings. The van der Waals surface area contributed by atoms with Gasteiger partial charge in [-0.05, 0) is 67.3 Å². The number of nitrogens with one attached hydrogen (secondary N) is 1. The second-order valence-corrected chi connectivity index (χ2v) is 8.16. The quantitative estimate of drug-likeness (QED) is 0.573. The van der Waals surface area contributed by atoms with E-state index < -0.39 is 0 Å². The van der Waals surface area contributed by atoms with E-state index in [0.29, 0.717) is 23.4 Å². The molecule has 0 saturated heterocycles. The van der Waals surface area contributed by atoms with E-state index >= 15 is 0 Å². The van der Waals surface area contributed by atoms with Crippen LogP contribution in [0.15, 0.2) is 42.5 Å². The first-order valence-corrected chi connectivity index (χ1v) is 10.1. The van der Waals surface area contributed by atoms with Crippen LogP contribution < -0.4 is 5.32 Å². The summed E-state index contributed by atoms with van der Waals surface area (Å²) in [6.07, 6.45) is 4.49. The Morgan fingerprint density at radius 3 is 2.41 bits per heavy atom. The molecule has 0 bridgehead atoms. The minimum atomic E-state index is -0.257. The Morgan fingerprint density at radius 1 is 1.04 bits per heavy atom. The summed E-state index contributed by atoms with van der Waals surface area (Å²) in [4.78, 5) is 4.65. The number of para-hydroxylation sites is 1. The maximum absolute atomic E-state index is 14.4. The molecule has 2 aromatic carbocycles. The van der Waals surface area contributed by atoms with Gasteiger partial charge in [-0.2, -0.15) is 0 Å². The van der Waals surface area contributed by atoms with Gasteiger partial charge < -0.3 is 9.88 Å². The van der Waals surface area contributed by atoms with Crippen LogP contribution in [0.2, 0.25) is 0 Å². The molecular formula is C23H28FN3. The highest BCUT2D eigenvalue weighted by molar-refractivity contribution is 5.80. The van der Waals surface area contributed by atoms with Gasteiger partial charge >= 0.3 is 0 Å². The van der Waals surface area contributed by atoms with Crippen molar-refractivity contribution in [3.63, 3.8) is 0 Å². The van der Waals surface area contributed by atoms with Crippen LogP contribution in [0.1, 0.15) is 51.6 Å². The van der Waals surface area contributed by atoms with Gasteiger partial charge in [0.15, 0.2) is 5.82 Å². The molecule has 1 aliphatic carbocycles. The number of halogens is 1. The van der Waals surface area contributed by atoms with Crippen LogP contribution in [0, 0.1) is 17.7 Å². The molecule has 2 unspecified atom stereocenters. The number of benzene rings is 2. The van der Waals surface area contributed by atoms with Gasteiger partial charge in [-0.1, -0.05) is 39.0 Å². The lowest BCUT2D eigenvalue weighted by Crippen LogP contribution is -2.23. The number of aromatic nitrogens is 2. The van der Waals surface area contributed by atoms with Gasteiger partial charge in [0.2, 0.25) is 5.95 Å². The van der Waals surface area contributed by atoms with Crippen molar-refractivity contribution < 1.29 is 4.39 Å². The molecule has 4 rings (SSSR count). The number of imidazole rings is 1. The third-order valence-corrected chi connectivity index (χ3v) is 5.81. The minimum Gasteiger partial charge on any atom is -0.326 e. The highest BCUT2D eigenvalue weighted by Crippen LogP contribution is 2.40. The summed E-state index contributed by atoms with van der Waals surface area (Å²) in [5.41, 5.74) is 3.63. The Labute approximate surface area is 160 Å². The van der Waals surface area contributed by atoms with Gasteiger partial charge in [0.05, 0.1) is 5.52 Å². The molecule has 3 nitrogen and oxygen atoms in total. The largest absolute Gasteiger partial charge is 0.326 e. The van der Waals surface area contributed by atoms with Crippen LogP contribution in [-0.4, -0.2) is 9.55 Å². The summed E-state index contributed by atoms with van der Waals surface area (Å²) in [6.45, 7) is 6.79. The Bertz CT molecular complexity index is 919. The van der Waals surface area contributed by atoms with Crippen molar-refractivity contribution in [3.05, 3.63) is 53.8 Å². The number of rotatable bonds is 4. The Morgan fingerprint density at radius 2 is 1.74 bits per heavy atom. The predicted molar refractivity (Wildman–Crippen MR) is 110 cm³/mol. The fourth-order valence-corrected chi connectivity index (χ4v) is 4.61. The molecule has 0 amide bonds. The lowest BCUT2D eigenvalue weighted by Gasteiger charge is -2.33. The van der Waals surface area contributed by atoms with E-state index in [1.165, 1.54) is 18.1 Å². The topological polar surface area (TPSA) is 29.9 Å². The lowest BCUT2D eigenvalue weighted by atomic mass is 9.80. The van der Waals surface area contributed by atoms with Gasteiger partial charge in [-0.15, -0.1) is 0 Å². The van der Waals surface area contributed by atoms with E-state index in [1.54, 1.807) is 6.07 Å². The van der Waals surface area contributed by atoms with E-state index in [1.807, 2.05) is 6.07 Å². The molecule has 142 valence electrons. The van der Waals surface area contributed by atoms with E-state index in [2.05, 4.69) is 59.9 Å². The number of aryl methyl sites for hydroxylation is 1. The van der Waals surface area contributed by atoms with E-state index in [4.69, 9.17) is 0 Å². The van der Waals surface area contributed by atoms with E-state index in [9.17, 15) is 4.39 Å². The monoisotopic (exact) mass is 365 g/mol. The second kappa shape index (κ2) is 7.34. The maximum atomic E-state index is 14.4. The number of fused-ring (bicyclic) bond motifs is 1.